The molecule has 0 aromatic heterocycles. The molecule has 0 aliphatic carbocycles. The van der Waals surface area contributed by atoms with Gasteiger partial charge in [-0.05, 0) is 42.1 Å². The molecule has 5 nitrogen and oxygen atoms in total. The molecule has 2 aromatic carbocycles. The monoisotopic (exact) mass is 382 g/mol. The Morgan fingerprint density at radius 3 is 2.74 bits per heavy atom. The first-order valence-corrected chi connectivity index (χ1v) is 8.80. The van der Waals surface area contributed by atoms with E-state index in [2.05, 4.69) is 11.6 Å². The highest BCUT2D eigenvalue weighted by Gasteiger charge is 2.32. The van der Waals surface area contributed by atoms with E-state index in [0.717, 1.165) is 11.8 Å². The van der Waals surface area contributed by atoms with E-state index < -0.39 is 11.8 Å². The third kappa shape index (κ3) is 4.15. The zero-order valence-corrected chi connectivity index (χ0v) is 14.9. The second-order valence-electron chi connectivity index (χ2n) is 5.59. The van der Waals surface area contributed by atoms with Gasteiger partial charge in [0.1, 0.15) is 5.82 Å². The summed E-state index contributed by atoms with van der Waals surface area (Å²) in [5, 5.41) is 9.48. The van der Waals surface area contributed by atoms with Gasteiger partial charge in [-0.25, -0.2) is 14.2 Å². The lowest BCUT2D eigenvalue weighted by Gasteiger charge is -2.12. The van der Waals surface area contributed by atoms with Crippen LogP contribution in [0.4, 0.5) is 10.1 Å². The first-order chi connectivity index (χ1) is 13.0. The molecule has 7 heteroatoms. The largest absolute Gasteiger partial charge is 0.478 e. The number of halogens is 1. The van der Waals surface area contributed by atoms with Crippen LogP contribution in [0.2, 0.25) is 0 Å². The van der Waals surface area contributed by atoms with Crippen molar-refractivity contribution in [3.05, 3.63) is 83.0 Å². The number of carbonyl (C=O) groups excluding carboxylic acids is 1. The van der Waals surface area contributed by atoms with Gasteiger partial charge in [0.05, 0.1) is 16.2 Å². The molecule has 0 unspecified atom stereocenters. The lowest BCUT2D eigenvalue weighted by Crippen LogP contribution is -2.29. The lowest BCUT2D eigenvalue weighted by atomic mass is 10.2. The van der Waals surface area contributed by atoms with E-state index in [1.54, 1.807) is 36.4 Å². The summed E-state index contributed by atoms with van der Waals surface area (Å²) in [6.45, 7) is 3.88. The van der Waals surface area contributed by atoms with Gasteiger partial charge in [-0.2, -0.15) is 0 Å². The molecule has 136 valence electrons. The lowest BCUT2D eigenvalue weighted by molar-refractivity contribution is -0.121. The fraction of sp³-hybridized carbons (Fsp3) is 0.0500. The Kier molecular flexibility index (Phi) is 5.52. The Hall–Kier alpha value is -3.19. The van der Waals surface area contributed by atoms with E-state index in [0.29, 0.717) is 21.3 Å². The standard InChI is InChI=1S/C20H15FN2O3S/c1-2-10-23-18(24)17(12-13-6-3-4-9-16(13)21)27-20(23)22-15-8-5-7-14(11-15)19(25)26/h2-9,11-12H,1,10H2,(H,25,26)/b17-12-,22-20?. The number of carboxylic acid groups (broad SMARTS) is 1. The highest BCUT2D eigenvalue weighted by atomic mass is 32.2. The van der Waals surface area contributed by atoms with Crippen molar-refractivity contribution in [2.75, 3.05) is 6.54 Å². The predicted octanol–water partition coefficient (Wildman–Crippen LogP) is 4.31. The second-order valence-corrected chi connectivity index (χ2v) is 6.60. The Morgan fingerprint density at radius 2 is 2.04 bits per heavy atom. The molecule has 0 atom stereocenters. The molecular formula is C20H15FN2O3S. The summed E-state index contributed by atoms with van der Waals surface area (Å²) in [5.41, 5.74) is 0.816. The molecule has 1 aliphatic heterocycles. The molecule has 0 radical (unpaired) electrons. The molecule has 0 bridgehead atoms. The predicted molar refractivity (Wildman–Crippen MR) is 104 cm³/mol. The molecular weight excluding hydrogens is 367 g/mol. The molecule has 3 rings (SSSR count). The molecule has 1 amide bonds. The average molecular weight is 382 g/mol. The summed E-state index contributed by atoms with van der Waals surface area (Å²) in [6, 6.07) is 12.3. The van der Waals surface area contributed by atoms with Crippen LogP contribution in [-0.2, 0) is 4.79 Å². The Labute approximate surface area is 159 Å². The molecule has 1 fully saturated rings. The number of carbonyl (C=O) groups is 2. The van der Waals surface area contributed by atoms with Crippen LogP contribution in [0, 0.1) is 5.82 Å². The summed E-state index contributed by atoms with van der Waals surface area (Å²) in [4.78, 5) is 29.9. The minimum absolute atomic E-state index is 0.101. The van der Waals surface area contributed by atoms with E-state index in [9.17, 15) is 14.0 Å². The molecule has 1 saturated heterocycles. The normalized spacial score (nSPS) is 16.9. The zero-order chi connectivity index (χ0) is 19.4. The van der Waals surface area contributed by atoms with Gasteiger partial charge in [0.15, 0.2) is 5.17 Å². The zero-order valence-electron chi connectivity index (χ0n) is 14.1. The summed E-state index contributed by atoms with van der Waals surface area (Å²) in [5.74, 6) is -1.79. The molecule has 2 aromatic rings. The number of rotatable bonds is 5. The summed E-state index contributed by atoms with van der Waals surface area (Å²) in [7, 11) is 0. The van der Waals surface area contributed by atoms with Gasteiger partial charge in [-0.3, -0.25) is 9.69 Å². The van der Waals surface area contributed by atoms with Gasteiger partial charge >= 0.3 is 5.97 Å². The highest BCUT2D eigenvalue weighted by Crippen LogP contribution is 2.34. The number of aromatic carboxylic acids is 1. The Balaban J connectivity index is 1.98. The number of hydrogen-bond acceptors (Lipinski definition) is 4. The Bertz CT molecular complexity index is 985. The number of hydrogen-bond donors (Lipinski definition) is 1. The van der Waals surface area contributed by atoms with Crippen LogP contribution >= 0.6 is 11.8 Å². The van der Waals surface area contributed by atoms with Crippen LogP contribution in [0.5, 0.6) is 0 Å². The maximum atomic E-state index is 13.9. The van der Waals surface area contributed by atoms with Gasteiger partial charge in [-0.1, -0.05) is 30.3 Å². The van der Waals surface area contributed by atoms with E-state index in [1.165, 1.54) is 29.2 Å². The number of nitrogens with zero attached hydrogens (tertiary/aromatic N) is 2. The minimum Gasteiger partial charge on any atom is -0.478 e. The van der Waals surface area contributed by atoms with Crippen LogP contribution in [-0.4, -0.2) is 33.6 Å². The number of thioether (sulfide) groups is 1. The first-order valence-electron chi connectivity index (χ1n) is 7.98. The van der Waals surface area contributed by atoms with Crippen LogP contribution in [0.1, 0.15) is 15.9 Å². The quantitative estimate of drug-likeness (QED) is 0.618. The van der Waals surface area contributed by atoms with Gasteiger partial charge in [0, 0.05) is 12.1 Å². The molecule has 1 N–H and O–H groups in total. The van der Waals surface area contributed by atoms with Crippen molar-refractivity contribution >= 4 is 40.6 Å². The first kappa shape index (κ1) is 18.6. The van der Waals surface area contributed by atoms with E-state index in [4.69, 9.17) is 5.11 Å². The number of benzene rings is 2. The molecule has 0 saturated carbocycles. The smallest absolute Gasteiger partial charge is 0.335 e. The number of aliphatic imine (C=N–C) groups is 1. The summed E-state index contributed by atoms with van der Waals surface area (Å²) in [6.07, 6.45) is 3.04. The van der Waals surface area contributed by atoms with E-state index >= 15 is 0 Å². The van der Waals surface area contributed by atoms with Crippen molar-refractivity contribution in [3.63, 3.8) is 0 Å². The highest BCUT2D eigenvalue weighted by molar-refractivity contribution is 8.18. The molecule has 1 heterocycles. The van der Waals surface area contributed by atoms with Gasteiger partial charge in [0.2, 0.25) is 0 Å². The van der Waals surface area contributed by atoms with Crippen molar-refractivity contribution < 1.29 is 19.1 Å². The van der Waals surface area contributed by atoms with Gasteiger partial charge < -0.3 is 5.11 Å². The number of amides is 1. The van der Waals surface area contributed by atoms with Crippen molar-refractivity contribution in [3.8, 4) is 0 Å². The molecule has 1 aliphatic rings. The Morgan fingerprint density at radius 1 is 1.26 bits per heavy atom. The third-order valence-corrected chi connectivity index (χ3v) is 4.72. The van der Waals surface area contributed by atoms with E-state index in [-0.39, 0.29) is 18.0 Å². The van der Waals surface area contributed by atoms with Crippen LogP contribution in [0.15, 0.2) is 71.1 Å². The fourth-order valence-electron chi connectivity index (χ4n) is 2.43. The third-order valence-electron chi connectivity index (χ3n) is 3.71. The van der Waals surface area contributed by atoms with Gasteiger partial charge in [-0.15, -0.1) is 6.58 Å². The van der Waals surface area contributed by atoms with E-state index in [1.807, 2.05) is 0 Å². The van der Waals surface area contributed by atoms with Crippen molar-refractivity contribution in [2.45, 2.75) is 0 Å². The SMILES string of the molecule is C=CCN1C(=O)/C(=C/c2ccccc2F)SC1=Nc1cccc(C(=O)O)c1. The number of amidine groups is 1. The second kappa shape index (κ2) is 8.01. The van der Waals surface area contributed by atoms with Crippen molar-refractivity contribution in [1.29, 1.82) is 0 Å². The van der Waals surface area contributed by atoms with Gasteiger partial charge in [0.25, 0.3) is 5.91 Å². The fourth-order valence-corrected chi connectivity index (χ4v) is 3.43. The van der Waals surface area contributed by atoms with Crippen LogP contribution in [0.3, 0.4) is 0 Å². The summed E-state index contributed by atoms with van der Waals surface area (Å²) < 4.78 is 13.9. The molecule has 0 spiro atoms. The minimum atomic E-state index is -1.06. The maximum Gasteiger partial charge on any atom is 0.335 e. The van der Waals surface area contributed by atoms with Crippen molar-refractivity contribution in [2.24, 2.45) is 4.99 Å². The van der Waals surface area contributed by atoms with Crippen LogP contribution < -0.4 is 0 Å². The maximum absolute atomic E-state index is 13.9. The van der Waals surface area contributed by atoms with Crippen molar-refractivity contribution in [1.82, 2.24) is 4.90 Å². The average Bonchev–Trinajstić information content (AvgIpc) is 2.93. The summed E-state index contributed by atoms with van der Waals surface area (Å²) >= 11 is 1.11. The van der Waals surface area contributed by atoms with Crippen LogP contribution in [0.25, 0.3) is 6.08 Å². The number of carboxylic acids is 1. The molecule has 27 heavy (non-hydrogen) atoms. The topological polar surface area (TPSA) is 70.0 Å².